The molecule has 2 amide bonds. The van der Waals surface area contributed by atoms with Gasteiger partial charge in [-0.2, -0.15) is 5.10 Å². The van der Waals surface area contributed by atoms with Crippen molar-refractivity contribution in [3.63, 3.8) is 0 Å². The van der Waals surface area contributed by atoms with Crippen molar-refractivity contribution in [3.05, 3.63) is 47.9 Å². The minimum atomic E-state index is -0.0169. The van der Waals surface area contributed by atoms with Crippen molar-refractivity contribution in [2.45, 2.75) is 58.7 Å². The Labute approximate surface area is 224 Å². The highest BCUT2D eigenvalue weighted by atomic mass is 16.5. The van der Waals surface area contributed by atoms with Crippen molar-refractivity contribution in [2.75, 3.05) is 38.5 Å². The molecule has 38 heavy (non-hydrogen) atoms. The van der Waals surface area contributed by atoms with E-state index in [2.05, 4.69) is 37.3 Å². The summed E-state index contributed by atoms with van der Waals surface area (Å²) < 4.78 is 8.33. The number of urea groups is 1. The number of nitrogens with one attached hydrogen (secondary N) is 2. The zero-order valence-electron chi connectivity index (χ0n) is 22.8. The summed E-state index contributed by atoms with van der Waals surface area (Å²) in [5.74, 6) is 1.28. The van der Waals surface area contributed by atoms with Crippen molar-refractivity contribution in [1.29, 1.82) is 0 Å². The molecule has 0 unspecified atom stereocenters. The molecule has 2 aliphatic heterocycles. The molecule has 0 saturated carbocycles. The molecule has 2 aliphatic rings. The average Bonchev–Trinajstić information content (AvgIpc) is 3.32. The van der Waals surface area contributed by atoms with E-state index >= 15 is 0 Å². The number of piperidine rings is 1. The quantitative estimate of drug-likeness (QED) is 0.457. The fourth-order valence-corrected chi connectivity index (χ4v) is 4.87. The second-order valence-electron chi connectivity index (χ2n) is 10.5. The van der Waals surface area contributed by atoms with Crippen LogP contribution in [0.3, 0.4) is 0 Å². The first kappa shape index (κ1) is 26.0. The summed E-state index contributed by atoms with van der Waals surface area (Å²) in [6, 6.07) is 6.34. The van der Waals surface area contributed by atoms with Crippen LogP contribution in [0.2, 0.25) is 0 Å². The number of hydrogen-bond acceptors (Lipinski definition) is 7. The minimum absolute atomic E-state index is 0.0109. The predicted molar refractivity (Wildman–Crippen MR) is 148 cm³/mol. The topological polar surface area (TPSA) is 100 Å². The molecule has 0 bridgehead atoms. The van der Waals surface area contributed by atoms with Crippen molar-refractivity contribution >= 4 is 17.7 Å². The fourth-order valence-electron chi connectivity index (χ4n) is 4.87. The summed E-state index contributed by atoms with van der Waals surface area (Å²) >= 11 is 0. The lowest BCUT2D eigenvalue weighted by atomic mass is 10.0. The summed E-state index contributed by atoms with van der Waals surface area (Å²) in [6.45, 7) is 10.3. The van der Waals surface area contributed by atoms with E-state index in [0.717, 1.165) is 79.3 Å². The Bertz CT molecular complexity index is 1260. The zero-order valence-corrected chi connectivity index (χ0v) is 22.8. The highest BCUT2D eigenvalue weighted by Gasteiger charge is 2.22. The van der Waals surface area contributed by atoms with Gasteiger partial charge in [-0.05, 0) is 83.4 Å². The molecular formula is C28H38N8O2. The van der Waals surface area contributed by atoms with Crippen LogP contribution in [0.25, 0.3) is 11.3 Å². The number of benzene rings is 1. The van der Waals surface area contributed by atoms with E-state index in [-0.39, 0.29) is 12.1 Å². The fraction of sp³-hybridized carbons (Fsp3) is 0.500. The van der Waals surface area contributed by atoms with Crippen LogP contribution >= 0.6 is 0 Å². The summed E-state index contributed by atoms with van der Waals surface area (Å²) in [6.07, 6.45) is 8.87. The monoisotopic (exact) mass is 518 g/mol. The van der Waals surface area contributed by atoms with Crippen molar-refractivity contribution < 1.29 is 9.53 Å². The SMILES string of the molecule is Cc1c(CNC(=O)N2CCC2)ccc(-c2ccnc(Nc3cnn(C4CCN(C)CC4)c3)n2)c1OC(C)C. The number of rotatable bonds is 8. The summed E-state index contributed by atoms with van der Waals surface area (Å²) in [5, 5.41) is 10.9. The molecule has 0 aliphatic carbocycles. The van der Waals surface area contributed by atoms with Crippen LogP contribution in [-0.4, -0.2) is 74.9 Å². The maximum Gasteiger partial charge on any atom is 0.317 e. The second kappa shape index (κ2) is 11.4. The van der Waals surface area contributed by atoms with E-state index in [9.17, 15) is 4.79 Å². The van der Waals surface area contributed by atoms with Gasteiger partial charge in [0.15, 0.2) is 0 Å². The minimum Gasteiger partial charge on any atom is -0.490 e. The number of anilines is 2. The Balaban J connectivity index is 1.33. The largest absolute Gasteiger partial charge is 0.490 e. The first-order chi connectivity index (χ1) is 18.4. The molecule has 1 aromatic carbocycles. The molecule has 0 spiro atoms. The lowest BCUT2D eigenvalue weighted by Crippen LogP contribution is -2.47. The van der Waals surface area contributed by atoms with Gasteiger partial charge in [0, 0.05) is 37.6 Å². The molecule has 202 valence electrons. The number of hydrogen-bond donors (Lipinski definition) is 2. The number of ether oxygens (including phenoxy) is 1. The molecule has 5 rings (SSSR count). The Hall–Kier alpha value is -3.66. The van der Waals surface area contributed by atoms with Gasteiger partial charge in [0.05, 0.1) is 29.7 Å². The average molecular weight is 519 g/mol. The van der Waals surface area contributed by atoms with Gasteiger partial charge in [0.25, 0.3) is 0 Å². The number of amides is 2. The maximum atomic E-state index is 12.3. The van der Waals surface area contributed by atoms with Crippen LogP contribution in [-0.2, 0) is 6.54 Å². The van der Waals surface area contributed by atoms with Crippen molar-refractivity contribution in [2.24, 2.45) is 0 Å². The molecule has 2 fully saturated rings. The van der Waals surface area contributed by atoms with Crippen molar-refractivity contribution in [3.8, 4) is 17.0 Å². The normalized spacial score (nSPS) is 16.4. The summed E-state index contributed by atoms with van der Waals surface area (Å²) in [7, 11) is 2.16. The lowest BCUT2D eigenvalue weighted by Gasteiger charge is -2.31. The maximum absolute atomic E-state index is 12.3. The molecule has 10 nitrogen and oxygen atoms in total. The predicted octanol–water partition coefficient (Wildman–Crippen LogP) is 4.36. The zero-order chi connectivity index (χ0) is 26.6. The standard InChI is InChI=1S/C28H38N8O2/c1-19(2)38-26-20(3)21(16-30-28(37)35-12-5-13-35)6-7-24(26)25-8-11-29-27(33-25)32-22-17-31-36(18-22)23-9-14-34(4)15-10-23/h6-8,11,17-19,23H,5,9-10,12-16H2,1-4H3,(H,30,37)(H,29,32,33). The van der Waals surface area contributed by atoms with E-state index in [1.54, 1.807) is 6.20 Å². The smallest absolute Gasteiger partial charge is 0.317 e. The number of carbonyl (C=O) groups excluding carboxylic acids is 1. The van der Waals surface area contributed by atoms with Crippen LogP contribution in [0, 0.1) is 6.92 Å². The summed E-state index contributed by atoms with van der Waals surface area (Å²) in [4.78, 5) is 25.7. The first-order valence-electron chi connectivity index (χ1n) is 13.5. The van der Waals surface area contributed by atoms with E-state index in [1.165, 1.54) is 0 Å². The highest BCUT2D eigenvalue weighted by molar-refractivity contribution is 5.75. The van der Waals surface area contributed by atoms with Gasteiger partial charge in [-0.25, -0.2) is 14.8 Å². The van der Waals surface area contributed by atoms with Crippen LogP contribution in [0.5, 0.6) is 5.75 Å². The molecule has 3 aromatic rings. The van der Waals surface area contributed by atoms with Crippen LogP contribution in [0.15, 0.2) is 36.8 Å². The van der Waals surface area contributed by atoms with E-state index < -0.39 is 0 Å². The van der Waals surface area contributed by atoms with Crippen LogP contribution < -0.4 is 15.4 Å². The van der Waals surface area contributed by atoms with Gasteiger partial charge in [0.1, 0.15) is 5.75 Å². The van der Waals surface area contributed by atoms with Gasteiger partial charge in [-0.1, -0.05) is 6.07 Å². The number of aromatic nitrogens is 4. The third-order valence-electron chi connectivity index (χ3n) is 7.30. The molecule has 2 aromatic heterocycles. The number of carbonyl (C=O) groups is 1. The molecular weight excluding hydrogens is 480 g/mol. The van der Waals surface area contributed by atoms with Crippen LogP contribution in [0.4, 0.5) is 16.4 Å². The van der Waals surface area contributed by atoms with Gasteiger partial charge in [-0.15, -0.1) is 0 Å². The lowest BCUT2D eigenvalue weighted by molar-refractivity contribution is 0.167. The summed E-state index contributed by atoms with van der Waals surface area (Å²) in [5.41, 5.74) is 4.53. The second-order valence-corrected chi connectivity index (χ2v) is 10.5. The molecule has 10 heteroatoms. The van der Waals surface area contributed by atoms with Gasteiger partial charge >= 0.3 is 6.03 Å². The highest BCUT2D eigenvalue weighted by Crippen LogP contribution is 2.35. The molecule has 4 heterocycles. The third kappa shape index (κ3) is 5.91. The number of nitrogens with zero attached hydrogens (tertiary/aromatic N) is 6. The molecule has 2 N–H and O–H groups in total. The molecule has 2 saturated heterocycles. The van der Waals surface area contributed by atoms with E-state index in [4.69, 9.17) is 9.72 Å². The van der Waals surface area contributed by atoms with E-state index in [0.29, 0.717) is 18.5 Å². The molecule has 0 radical (unpaired) electrons. The Morgan fingerprint density at radius 3 is 2.66 bits per heavy atom. The van der Waals surface area contributed by atoms with Gasteiger partial charge in [0.2, 0.25) is 5.95 Å². The Morgan fingerprint density at radius 2 is 1.95 bits per heavy atom. The van der Waals surface area contributed by atoms with Gasteiger partial charge in [-0.3, -0.25) is 4.68 Å². The van der Waals surface area contributed by atoms with Crippen molar-refractivity contribution in [1.82, 2.24) is 34.9 Å². The molecule has 0 atom stereocenters. The first-order valence-corrected chi connectivity index (χ1v) is 13.5. The third-order valence-corrected chi connectivity index (χ3v) is 7.30. The number of likely N-dealkylation sites (tertiary alicyclic amines) is 2. The van der Waals surface area contributed by atoms with Crippen LogP contribution in [0.1, 0.15) is 50.3 Å². The van der Waals surface area contributed by atoms with Gasteiger partial charge < -0.3 is 25.2 Å². The Morgan fingerprint density at radius 1 is 1.16 bits per heavy atom. The Kier molecular flexibility index (Phi) is 7.78. The van der Waals surface area contributed by atoms with E-state index in [1.807, 2.05) is 56.3 Å².